The van der Waals surface area contributed by atoms with E-state index in [-0.39, 0.29) is 17.2 Å². The van der Waals surface area contributed by atoms with Crippen LogP contribution in [0.5, 0.6) is 17.2 Å². The molecule has 0 unspecified atom stereocenters. The maximum absolute atomic E-state index is 9.58. The minimum Gasteiger partial charge on any atom is -0.508 e. The first-order chi connectivity index (χ1) is 9.61. The summed E-state index contributed by atoms with van der Waals surface area (Å²) in [6, 6.07) is 8.22. The minimum atomic E-state index is -0.163. The molecule has 0 fully saturated rings. The number of rotatable bonds is 0. The van der Waals surface area contributed by atoms with Gasteiger partial charge in [0.25, 0.3) is 0 Å². The molecule has 2 aromatic rings. The van der Waals surface area contributed by atoms with Crippen molar-refractivity contribution < 1.29 is 15.3 Å². The molecule has 2 aromatic carbocycles. The number of fused-ring (bicyclic) bond motifs is 4. The van der Waals surface area contributed by atoms with Crippen LogP contribution in [0.2, 0.25) is 0 Å². The number of hydrogen-bond donors (Lipinski definition) is 3. The molecule has 0 bridgehead atoms. The number of aromatic hydroxyl groups is 3. The highest BCUT2D eigenvalue weighted by Gasteiger charge is 2.26. The summed E-state index contributed by atoms with van der Waals surface area (Å²) in [4.78, 5) is 4.58. The average Bonchev–Trinajstić information content (AvgIpc) is 2.74. The van der Waals surface area contributed by atoms with Crippen LogP contribution in [0, 0.1) is 0 Å². The number of phenols is 3. The van der Waals surface area contributed by atoms with Crippen LogP contribution in [0.1, 0.15) is 16.7 Å². The van der Waals surface area contributed by atoms with Crippen LogP contribution in [0.25, 0.3) is 6.08 Å². The molecule has 1 heterocycles. The molecule has 0 aromatic heterocycles. The Kier molecular flexibility index (Phi) is 2.02. The van der Waals surface area contributed by atoms with Gasteiger partial charge in [0.15, 0.2) is 11.5 Å². The van der Waals surface area contributed by atoms with Gasteiger partial charge in [-0.3, -0.25) is 0 Å². The fraction of sp³-hybridized carbons (Fsp3) is 0.0625. The van der Waals surface area contributed by atoms with Gasteiger partial charge in [0.1, 0.15) is 5.75 Å². The van der Waals surface area contributed by atoms with Crippen LogP contribution in [-0.2, 0) is 6.42 Å². The maximum Gasteiger partial charge on any atom is 0.159 e. The van der Waals surface area contributed by atoms with E-state index >= 15 is 0 Å². The minimum absolute atomic E-state index is 0.129. The van der Waals surface area contributed by atoms with Crippen molar-refractivity contribution in [2.75, 3.05) is 0 Å². The Hall–Kier alpha value is -2.75. The summed E-state index contributed by atoms with van der Waals surface area (Å²) < 4.78 is 0. The fourth-order valence-corrected chi connectivity index (χ4v) is 2.76. The zero-order chi connectivity index (χ0) is 13.9. The molecule has 1 aliphatic heterocycles. The first kappa shape index (κ1) is 11.1. The third-order valence-electron chi connectivity index (χ3n) is 3.71. The van der Waals surface area contributed by atoms with Crippen LogP contribution >= 0.6 is 0 Å². The quantitative estimate of drug-likeness (QED) is 0.641. The van der Waals surface area contributed by atoms with Crippen molar-refractivity contribution in [1.29, 1.82) is 0 Å². The molecular formula is C16H11NO3. The molecule has 0 spiro atoms. The van der Waals surface area contributed by atoms with E-state index in [1.807, 2.05) is 12.1 Å². The third kappa shape index (κ3) is 1.45. The smallest absolute Gasteiger partial charge is 0.159 e. The van der Waals surface area contributed by atoms with Crippen molar-refractivity contribution in [3.63, 3.8) is 0 Å². The van der Waals surface area contributed by atoms with Crippen LogP contribution < -0.4 is 0 Å². The number of aliphatic imine (C=N–C) groups is 1. The predicted molar refractivity (Wildman–Crippen MR) is 75.8 cm³/mol. The van der Waals surface area contributed by atoms with E-state index in [4.69, 9.17) is 0 Å². The Morgan fingerprint density at radius 2 is 1.75 bits per heavy atom. The van der Waals surface area contributed by atoms with Gasteiger partial charge in [0.05, 0.1) is 11.4 Å². The van der Waals surface area contributed by atoms with Gasteiger partial charge < -0.3 is 15.3 Å². The van der Waals surface area contributed by atoms with Crippen LogP contribution in [-0.4, -0.2) is 21.0 Å². The number of benzene rings is 2. The van der Waals surface area contributed by atoms with Gasteiger partial charge in [-0.15, -0.1) is 0 Å². The monoisotopic (exact) mass is 265 g/mol. The van der Waals surface area contributed by atoms with E-state index in [1.165, 1.54) is 6.07 Å². The molecule has 3 N–H and O–H groups in total. The van der Waals surface area contributed by atoms with Gasteiger partial charge >= 0.3 is 0 Å². The number of phenolic OH excluding ortho intramolecular Hbond substituents is 3. The van der Waals surface area contributed by atoms with E-state index in [0.717, 1.165) is 28.0 Å². The number of nitrogens with zero attached hydrogens (tertiary/aromatic N) is 1. The molecule has 0 amide bonds. The lowest BCUT2D eigenvalue weighted by Crippen LogP contribution is -2.08. The molecule has 1 aliphatic carbocycles. The maximum atomic E-state index is 9.58. The standard InChI is InChI=1S/C16H11NO3/c18-11-1-2-12-8(5-11)3-10-4-9-6-14(19)15(20)7-13(9)17-16(10)12/h1-3,5-7,18-20H,4H2. The molecule has 20 heavy (non-hydrogen) atoms. The SMILES string of the molecule is Oc1ccc2c(c1)C=C1Cc3cc(O)c(O)cc3N=C12. The molecule has 4 rings (SSSR count). The van der Waals surface area contributed by atoms with Gasteiger partial charge in [-0.25, -0.2) is 4.99 Å². The Morgan fingerprint density at radius 3 is 2.60 bits per heavy atom. The van der Waals surface area contributed by atoms with E-state index in [0.29, 0.717) is 12.1 Å². The second-order valence-electron chi connectivity index (χ2n) is 5.05. The summed E-state index contributed by atoms with van der Waals surface area (Å²) in [5.41, 5.74) is 5.41. The molecule has 4 heteroatoms. The largest absolute Gasteiger partial charge is 0.508 e. The second kappa shape index (κ2) is 3.63. The normalized spacial score (nSPS) is 15.0. The van der Waals surface area contributed by atoms with Crippen LogP contribution in [0.15, 0.2) is 40.9 Å². The topological polar surface area (TPSA) is 73.0 Å². The van der Waals surface area contributed by atoms with Crippen molar-refractivity contribution in [3.8, 4) is 17.2 Å². The zero-order valence-corrected chi connectivity index (χ0v) is 10.5. The van der Waals surface area contributed by atoms with E-state index in [2.05, 4.69) is 4.99 Å². The Labute approximate surface area is 115 Å². The third-order valence-corrected chi connectivity index (χ3v) is 3.71. The lowest BCUT2D eigenvalue weighted by molar-refractivity contribution is 0.403. The van der Waals surface area contributed by atoms with E-state index < -0.39 is 0 Å². The summed E-state index contributed by atoms with van der Waals surface area (Å²) >= 11 is 0. The summed E-state index contributed by atoms with van der Waals surface area (Å²) in [6.45, 7) is 0. The second-order valence-corrected chi connectivity index (χ2v) is 5.05. The van der Waals surface area contributed by atoms with Crippen molar-refractivity contribution in [2.24, 2.45) is 4.99 Å². The number of hydrogen-bond acceptors (Lipinski definition) is 4. The van der Waals surface area contributed by atoms with Crippen LogP contribution in [0.4, 0.5) is 5.69 Å². The first-order valence-electron chi connectivity index (χ1n) is 6.30. The lowest BCUT2D eigenvalue weighted by Gasteiger charge is -2.16. The van der Waals surface area contributed by atoms with Crippen molar-refractivity contribution in [3.05, 3.63) is 52.6 Å². The van der Waals surface area contributed by atoms with Crippen molar-refractivity contribution in [2.45, 2.75) is 6.42 Å². The van der Waals surface area contributed by atoms with Gasteiger partial charge in [-0.05, 0) is 47.0 Å². The highest BCUT2D eigenvalue weighted by atomic mass is 16.3. The summed E-state index contributed by atoms with van der Waals surface area (Å²) in [5, 5.41) is 28.7. The molecule has 4 nitrogen and oxygen atoms in total. The van der Waals surface area contributed by atoms with E-state index in [1.54, 1.807) is 18.2 Å². The Bertz CT molecular complexity index is 819. The molecule has 0 saturated heterocycles. The number of allylic oxidation sites excluding steroid dienone is 1. The molecule has 0 atom stereocenters. The molecule has 2 aliphatic rings. The lowest BCUT2D eigenvalue weighted by atomic mass is 9.96. The molecule has 98 valence electrons. The Morgan fingerprint density at radius 1 is 0.950 bits per heavy atom. The van der Waals surface area contributed by atoms with Crippen molar-refractivity contribution >= 4 is 17.5 Å². The highest BCUT2D eigenvalue weighted by molar-refractivity contribution is 6.23. The fourth-order valence-electron chi connectivity index (χ4n) is 2.76. The highest BCUT2D eigenvalue weighted by Crippen LogP contribution is 2.41. The summed E-state index contributed by atoms with van der Waals surface area (Å²) in [6.07, 6.45) is 2.65. The van der Waals surface area contributed by atoms with Crippen molar-refractivity contribution in [1.82, 2.24) is 0 Å². The van der Waals surface area contributed by atoms with E-state index in [9.17, 15) is 15.3 Å². The van der Waals surface area contributed by atoms with Gasteiger partial charge in [0, 0.05) is 18.1 Å². The predicted octanol–water partition coefficient (Wildman–Crippen LogP) is 2.88. The summed E-state index contributed by atoms with van der Waals surface area (Å²) in [7, 11) is 0. The Balaban J connectivity index is 1.92. The average molecular weight is 265 g/mol. The van der Waals surface area contributed by atoms with Gasteiger partial charge in [0.2, 0.25) is 0 Å². The molecular weight excluding hydrogens is 254 g/mol. The van der Waals surface area contributed by atoms with Gasteiger partial charge in [-0.2, -0.15) is 0 Å². The summed E-state index contributed by atoms with van der Waals surface area (Å²) in [5.74, 6) is -0.0618. The molecule has 0 radical (unpaired) electrons. The van der Waals surface area contributed by atoms with Gasteiger partial charge in [-0.1, -0.05) is 0 Å². The zero-order valence-electron chi connectivity index (χ0n) is 10.5. The first-order valence-corrected chi connectivity index (χ1v) is 6.30. The van der Waals surface area contributed by atoms with Crippen LogP contribution in [0.3, 0.4) is 0 Å². The molecule has 0 saturated carbocycles.